The molecule has 0 spiro atoms. The maximum atomic E-state index is 12.1. The highest BCUT2D eigenvalue weighted by atomic mass is 32.1. The van der Waals surface area contributed by atoms with Gasteiger partial charge in [0.25, 0.3) is 5.91 Å². The first-order chi connectivity index (χ1) is 10.9. The highest BCUT2D eigenvalue weighted by molar-refractivity contribution is 7.15. The summed E-state index contributed by atoms with van der Waals surface area (Å²) in [6.07, 6.45) is 2.02. The van der Waals surface area contributed by atoms with E-state index in [9.17, 15) is 14.4 Å². The number of amides is 2. The molecule has 0 atom stereocenters. The predicted molar refractivity (Wildman–Crippen MR) is 87.8 cm³/mol. The minimum Gasteiger partial charge on any atom is -0.477 e. The SMILES string of the molecule is CC(C)CC(=O)N1CCC(NC(=O)c2ccc(C(=O)O)s2)CC1. The number of carboxylic acids is 1. The topological polar surface area (TPSA) is 86.7 Å². The number of rotatable bonds is 5. The van der Waals surface area contributed by atoms with Crippen molar-refractivity contribution in [1.29, 1.82) is 0 Å². The molecule has 1 aromatic rings. The fourth-order valence-electron chi connectivity index (χ4n) is 2.58. The van der Waals surface area contributed by atoms with Crippen molar-refractivity contribution in [2.45, 2.75) is 39.2 Å². The number of hydrogen-bond acceptors (Lipinski definition) is 4. The smallest absolute Gasteiger partial charge is 0.345 e. The average molecular weight is 338 g/mol. The fraction of sp³-hybridized carbons (Fsp3) is 0.562. The number of thiophene rings is 1. The van der Waals surface area contributed by atoms with Gasteiger partial charge in [-0.3, -0.25) is 9.59 Å². The molecule has 2 heterocycles. The zero-order valence-electron chi connectivity index (χ0n) is 13.4. The Hall–Kier alpha value is -1.89. The minimum absolute atomic E-state index is 0.0287. The van der Waals surface area contributed by atoms with Crippen LogP contribution in [0.25, 0.3) is 0 Å². The van der Waals surface area contributed by atoms with Crippen molar-refractivity contribution in [1.82, 2.24) is 10.2 Å². The van der Waals surface area contributed by atoms with Crippen molar-refractivity contribution in [3.63, 3.8) is 0 Å². The van der Waals surface area contributed by atoms with Gasteiger partial charge in [-0.15, -0.1) is 11.3 Å². The van der Waals surface area contributed by atoms with Gasteiger partial charge in [0.2, 0.25) is 5.91 Å². The van der Waals surface area contributed by atoms with Crippen molar-refractivity contribution < 1.29 is 19.5 Å². The van der Waals surface area contributed by atoms with E-state index >= 15 is 0 Å². The summed E-state index contributed by atoms with van der Waals surface area (Å²) in [5, 5.41) is 11.8. The normalized spacial score (nSPS) is 15.7. The molecule has 1 saturated heterocycles. The summed E-state index contributed by atoms with van der Waals surface area (Å²) in [5.41, 5.74) is 0. The third-order valence-corrected chi connectivity index (χ3v) is 4.88. The Morgan fingerprint density at radius 2 is 1.87 bits per heavy atom. The molecule has 6 nitrogen and oxygen atoms in total. The molecule has 0 unspecified atom stereocenters. The van der Waals surface area contributed by atoms with Crippen molar-refractivity contribution in [3.8, 4) is 0 Å². The van der Waals surface area contributed by atoms with Crippen LogP contribution < -0.4 is 5.32 Å². The number of carbonyl (C=O) groups excluding carboxylic acids is 2. The number of nitrogens with one attached hydrogen (secondary N) is 1. The number of likely N-dealkylation sites (tertiary alicyclic amines) is 1. The number of carbonyl (C=O) groups is 3. The van der Waals surface area contributed by atoms with E-state index in [-0.39, 0.29) is 22.7 Å². The van der Waals surface area contributed by atoms with Gasteiger partial charge >= 0.3 is 5.97 Å². The zero-order chi connectivity index (χ0) is 17.0. The molecule has 1 fully saturated rings. The first kappa shape index (κ1) is 17.5. The molecule has 1 aromatic heterocycles. The van der Waals surface area contributed by atoms with Gasteiger partial charge in [0.05, 0.1) is 4.88 Å². The standard InChI is InChI=1S/C16H22N2O4S/c1-10(2)9-14(19)18-7-5-11(6-8-18)17-15(20)12-3-4-13(23-12)16(21)22/h3-4,10-11H,5-9H2,1-2H3,(H,17,20)(H,21,22). The monoisotopic (exact) mass is 338 g/mol. The third-order valence-electron chi connectivity index (χ3n) is 3.81. The number of nitrogens with zero attached hydrogens (tertiary/aromatic N) is 1. The minimum atomic E-state index is -1.02. The van der Waals surface area contributed by atoms with Crippen LogP contribution in [0.3, 0.4) is 0 Å². The lowest BCUT2D eigenvalue weighted by molar-refractivity contribution is -0.133. The van der Waals surface area contributed by atoms with Crippen molar-refractivity contribution in [2.75, 3.05) is 13.1 Å². The van der Waals surface area contributed by atoms with E-state index in [1.54, 1.807) is 0 Å². The summed E-state index contributed by atoms with van der Waals surface area (Å²) in [5.74, 6) is -0.739. The van der Waals surface area contributed by atoms with Crippen LogP contribution in [0.5, 0.6) is 0 Å². The molecule has 0 radical (unpaired) electrons. The van der Waals surface area contributed by atoms with Crippen molar-refractivity contribution >= 4 is 29.1 Å². The molecule has 23 heavy (non-hydrogen) atoms. The Morgan fingerprint density at radius 1 is 1.26 bits per heavy atom. The van der Waals surface area contributed by atoms with Crippen LogP contribution in [-0.2, 0) is 4.79 Å². The van der Waals surface area contributed by atoms with Crippen LogP contribution in [0, 0.1) is 5.92 Å². The first-order valence-corrected chi connectivity index (χ1v) is 8.60. The summed E-state index contributed by atoms with van der Waals surface area (Å²) >= 11 is 0.974. The molecule has 2 amide bonds. The lowest BCUT2D eigenvalue weighted by Gasteiger charge is -2.32. The Balaban J connectivity index is 1.82. The number of hydrogen-bond donors (Lipinski definition) is 2. The van der Waals surface area contributed by atoms with E-state index in [1.807, 2.05) is 18.7 Å². The van der Waals surface area contributed by atoms with Crippen molar-refractivity contribution in [2.24, 2.45) is 5.92 Å². The fourth-order valence-corrected chi connectivity index (χ4v) is 3.33. The molecule has 0 saturated carbocycles. The molecule has 7 heteroatoms. The Bertz CT molecular complexity index is 589. The second kappa shape index (κ2) is 7.59. The summed E-state index contributed by atoms with van der Waals surface area (Å²) < 4.78 is 0. The van der Waals surface area contributed by atoms with Crippen LogP contribution in [0.4, 0.5) is 0 Å². The van der Waals surface area contributed by atoms with Crippen LogP contribution in [0.2, 0.25) is 0 Å². The highest BCUT2D eigenvalue weighted by Crippen LogP contribution is 2.18. The quantitative estimate of drug-likeness (QED) is 0.862. The Kier molecular flexibility index (Phi) is 5.76. The van der Waals surface area contributed by atoms with E-state index in [0.717, 1.165) is 24.2 Å². The summed E-state index contributed by atoms with van der Waals surface area (Å²) in [4.78, 5) is 37.4. The largest absolute Gasteiger partial charge is 0.477 e. The summed E-state index contributed by atoms with van der Waals surface area (Å²) in [6, 6.07) is 3.00. The molecule has 0 aliphatic carbocycles. The van der Waals surface area contributed by atoms with Crippen LogP contribution in [-0.4, -0.2) is 46.9 Å². The van der Waals surface area contributed by atoms with Gasteiger partial charge in [0.1, 0.15) is 4.88 Å². The van der Waals surface area contributed by atoms with Gasteiger partial charge in [-0.2, -0.15) is 0 Å². The van der Waals surface area contributed by atoms with Gasteiger partial charge in [-0.1, -0.05) is 13.8 Å². The number of aromatic carboxylic acids is 1. The maximum absolute atomic E-state index is 12.1. The first-order valence-electron chi connectivity index (χ1n) is 7.78. The molecule has 0 aromatic carbocycles. The third kappa shape index (κ3) is 4.79. The Labute approximate surface area is 139 Å². The molecular formula is C16H22N2O4S. The van der Waals surface area contributed by atoms with E-state index in [0.29, 0.717) is 30.3 Å². The van der Waals surface area contributed by atoms with E-state index in [4.69, 9.17) is 5.11 Å². The lowest BCUT2D eigenvalue weighted by atomic mass is 10.0. The van der Waals surface area contributed by atoms with Gasteiger partial charge < -0.3 is 15.3 Å². The second-order valence-electron chi connectivity index (χ2n) is 6.20. The van der Waals surface area contributed by atoms with Crippen LogP contribution in [0.15, 0.2) is 12.1 Å². The molecule has 0 bridgehead atoms. The average Bonchev–Trinajstić information content (AvgIpc) is 2.97. The molecule has 2 rings (SSSR count). The van der Waals surface area contributed by atoms with Crippen LogP contribution >= 0.6 is 11.3 Å². The molecule has 1 aliphatic heterocycles. The van der Waals surface area contributed by atoms with Gasteiger partial charge in [0, 0.05) is 25.6 Å². The molecule has 126 valence electrons. The molecular weight excluding hydrogens is 316 g/mol. The van der Waals surface area contributed by atoms with Crippen LogP contribution in [0.1, 0.15) is 52.5 Å². The Morgan fingerprint density at radius 3 is 2.39 bits per heavy atom. The number of carboxylic acid groups (broad SMARTS) is 1. The molecule has 2 N–H and O–H groups in total. The van der Waals surface area contributed by atoms with Gasteiger partial charge in [-0.05, 0) is 30.9 Å². The summed E-state index contributed by atoms with van der Waals surface area (Å²) in [7, 11) is 0. The van der Waals surface area contributed by atoms with E-state index < -0.39 is 5.97 Å². The van der Waals surface area contributed by atoms with Crippen molar-refractivity contribution in [3.05, 3.63) is 21.9 Å². The maximum Gasteiger partial charge on any atom is 0.345 e. The molecule has 1 aliphatic rings. The number of piperidine rings is 1. The lowest BCUT2D eigenvalue weighted by Crippen LogP contribution is -2.46. The van der Waals surface area contributed by atoms with Gasteiger partial charge in [-0.25, -0.2) is 4.79 Å². The predicted octanol–water partition coefficient (Wildman–Crippen LogP) is 2.21. The van der Waals surface area contributed by atoms with E-state index in [1.165, 1.54) is 12.1 Å². The zero-order valence-corrected chi connectivity index (χ0v) is 14.2. The highest BCUT2D eigenvalue weighted by Gasteiger charge is 2.25. The van der Waals surface area contributed by atoms with E-state index in [2.05, 4.69) is 5.32 Å². The van der Waals surface area contributed by atoms with Gasteiger partial charge in [0.15, 0.2) is 0 Å². The summed E-state index contributed by atoms with van der Waals surface area (Å²) in [6.45, 7) is 5.36. The second-order valence-corrected chi connectivity index (χ2v) is 7.28.